The molecular weight excluding hydrogens is 180 g/mol. The molecule has 0 aliphatic heterocycles. The molecule has 4 nitrogen and oxygen atoms in total. The third-order valence-corrected chi connectivity index (χ3v) is 1.78. The van der Waals surface area contributed by atoms with Crippen LogP contribution in [0.5, 0.6) is 0 Å². The summed E-state index contributed by atoms with van der Waals surface area (Å²) in [6.45, 7) is 0. The topological polar surface area (TPSA) is 53.3 Å². The molecule has 0 aliphatic rings. The van der Waals surface area contributed by atoms with E-state index in [9.17, 15) is 4.79 Å². The van der Waals surface area contributed by atoms with Gasteiger partial charge in [0, 0.05) is 7.05 Å². The van der Waals surface area contributed by atoms with Gasteiger partial charge in [0.1, 0.15) is 13.2 Å². The van der Waals surface area contributed by atoms with Crippen molar-refractivity contribution in [3.63, 3.8) is 0 Å². The quantitative estimate of drug-likeness (QED) is 0.678. The molecule has 1 aromatic carbocycles. The number of para-hydroxylation sites is 1. The predicted octanol–water partition coefficient (Wildman–Crippen LogP) is 1.92. The molecule has 1 aromatic rings. The highest BCUT2D eigenvalue weighted by molar-refractivity contribution is 5.88. The molecule has 1 amide bonds. The van der Waals surface area contributed by atoms with Crippen molar-refractivity contribution in [2.45, 2.75) is 0 Å². The molecule has 0 aliphatic carbocycles. The van der Waals surface area contributed by atoms with Crippen LogP contribution in [0.3, 0.4) is 0 Å². The summed E-state index contributed by atoms with van der Waals surface area (Å²) in [5.41, 5.74) is 0.920. The molecule has 0 atom stereocenters. The van der Waals surface area contributed by atoms with Gasteiger partial charge in [0.2, 0.25) is 0 Å². The lowest BCUT2D eigenvalue weighted by Crippen LogP contribution is -2.26. The summed E-state index contributed by atoms with van der Waals surface area (Å²) in [6.07, 6.45) is -0.604. The van der Waals surface area contributed by atoms with Crippen molar-refractivity contribution >= 4 is 11.8 Å². The molecule has 0 heterocycles. The summed E-state index contributed by atoms with van der Waals surface area (Å²) in [5, 5.41) is 8.78. The first-order valence-electron chi connectivity index (χ1n) is 3.89. The first-order chi connectivity index (χ1) is 6.70. The molecule has 0 fully saturated rings. The van der Waals surface area contributed by atoms with E-state index in [4.69, 9.17) is 5.26 Å². The highest BCUT2D eigenvalue weighted by Crippen LogP contribution is 2.18. The van der Waals surface area contributed by atoms with Crippen molar-refractivity contribution < 1.29 is 9.53 Å². The van der Waals surface area contributed by atoms with Crippen LogP contribution in [0, 0.1) is 18.4 Å². The van der Waals surface area contributed by atoms with Gasteiger partial charge in [-0.25, -0.2) is 4.79 Å². The molecule has 71 valence electrons. The van der Waals surface area contributed by atoms with E-state index in [1.165, 1.54) is 11.9 Å². The number of nitrogens with zero attached hydrogens (tertiary/aromatic N) is 2. The number of nitriles is 1. The third kappa shape index (κ3) is 1.83. The fraction of sp³-hybridized carbons (Fsp3) is 0.100. The van der Waals surface area contributed by atoms with Crippen molar-refractivity contribution in [1.82, 2.24) is 0 Å². The SMILES string of the molecule is [CH2]OC(=O)N(C)c1ccccc1C#N. The van der Waals surface area contributed by atoms with E-state index in [1.807, 2.05) is 6.07 Å². The minimum atomic E-state index is -0.604. The van der Waals surface area contributed by atoms with E-state index in [0.717, 1.165) is 0 Å². The van der Waals surface area contributed by atoms with Gasteiger partial charge in [-0.15, -0.1) is 0 Å². The van der Waals surface area contributed by atoms with E-state index in [-0.39, 0.29) is 0 Å². The van der Waals surface area contributed by atoms with Gasteiger partial charge in [-0.1, -0.05) is 12.1 Å². The Balaban J connectivity index is 3.07. The minimum absolute atomic E-state index is 0.417. The number of rotatable bonds is 1. The smallest absolute Gasteiger partial charge is 0.414 e. The van der Waals surface area contributed by atoms with Gasteiger partial charge in [-0.05, 0) is 12.1 Å². The first kappa shape index (κ1) is 10.1. The van der Waals surface area contributed by atoms with Crippen LogP contribution in [-0.2, 0) is 4.74 Å². The standard InChI is InChI=1S/C10H9N2O2/c1-12(10(13)14-2)9-6-4-3-5-8(9)7-11/h3-6H,2H2,1H3. The number of hydrogen-bond donors (Lipinski definition) is 0. The molecule has 0 unspecified atom stereocenters. The Hall–Kier alpha value is -2.02. The molecule has 4 heteroatoms. The average Bonchev–Trinajstić information content (AvgIpc) is 2.26. The Labute approximate surface area is 82.3 Å². The van der Waals surface area contributed by atoms with E-state index < -0.39 is 6.09 Å². The maximum atomic E-state index is 11.1. The van der Waals surface area contributed by atoms with Gasteiger partial charge in [0.05, 0.1) is 11.3 Å². The number of ether oxygens (including phenoxy) is 1. The van der Waals surface area contributed by atoms with E-state index in [0.29, 0.717) is 11.3 Å². The summed E-state index contributed by atoms with van der Waals surface area (Å²) in [7, 11) is 4.53. The fourth-order valence-electron chi connectivity index (χ4n) is 1.06. The van der Waals surface area contributed by atoms with Crippen LogP contribution in [0.15, 0.2) is 24.3 Å². The Bertz CT molecular complexity index is 382. The molecule has 0 aromatic heterocycles. The summed E-state index contributed by atoms with van der Waals surface area (Å²) < 4.78 is 4.29. The summed E-state index contributed by atoms with van der Waals surface area (Å²) in [5.74, 6) is 0. The number of benzene rings is 1. The van der Waals surface area contributed by atoms with Gasteiger partial charge in [-0.2, -0.15) is 5.26 Å². The van der Waals surface area contributed by atoms with Crippen LogP contribution in [0.1, 0.15) is 5.56 Å². The zero-order chi connectivity index (χ0) is 10.6. The first-order valence-corrected chi connectivity index (χ1v) is 3.89. The van der Waals surface area contributed by atoms with E-state index >= 15 is 0 Å². The van der Waals surface area contributed by atoms with Gasteiger partial charge < -0.3 is 4.74 Å². The van der Waals surface area contributed by atoms with Crippen LogP contribution in [0.25, 0.3) is 0 Å². The van der Waals surface area contributed by atoms with Crippen molar-refractivity contribution in [3.8, 4) is 6.07 Å². The second kappa shape index (κ2) is 4.28. The predicted molar refractivity (Wildman–Crippen MR) is 51.4 cm³/mol. The van der Waals surface area contributed by atoms with Crippen molar-refractivity contribution in [3.05, 3.63) is 36.9 Å². The zero-order valence-electron chi connectivity index (χ0n) is 7.73. The highest BCUT2D eigenvalue weighted by Gasteiger charge is 2.13. The number of carbonyl (C=O) groups excluding carboxylic acids is 1. The lowest BCUT2D eigenvalue weighted by Gasteiger charge is -2.16. The van der Waals surface area contributed by atoms with Crippen molar-refractivity contribution in [1.29, 1.82) is 5.26 Å². The van der Waals surface area contributed by atoms with Crippen LogP contribution in [0.2, 0.25) is 0 Å². The second-order valence-corrected chi connectivity index (χ2v) is 2.60. The average molecular weight is 189 g/mol. The number of amides is 1. The Morgan fingerprint density at radius 1 is 1.57 bits per heavy atom. The lowest BCUT2D eigenvalue weighted by molar-refractivity contribution is 0.192. The largest absolute Gasteiger partial charge is 0.446 e. The summed E-state index contributed by atoms with van der Waals surface area (Å²) in [6, 6.07) is 8.74. The van der Waals surface area contributed by atoms with Gasteiger partial charge in [0.25, 0.3) is 0 Å². The molecule has 0 saturated carbocycles. The monoisotopic (exact) mass is 189 g/mol. The fourth-order valence-corrected chi connectivity index (χ4v) is 1.06. The lowest BCUT2D eigenvalue weighted by atomic mass is 10.2. The van der Waals surface area contributed by atoms with E-state index in [2.05, 4.69) is 11.8 Å². The molecule has 0 saturated heterocycles. The molecular formula is C10H9N2O2. The van der Waals surface area contributed by atoms with Crippen LogP contribution in [-0.4, -0.2) is 13.1 Å². The van der Waals surface area contributed by atoms with Gasteiger partial charge in [0.15, 0.2) is 0 Å². The maximum Gasteiger partial charge on any atom is 0.414 e. The molecule has 14 heavy (non-hydrogen) atoms. The Morgan fingerprint density at radius 3 is 2.79 bits per heavy atom. The van der Waals surface area contributed by atoms with Gasteiger partial charge >= 0.3 is 6.09 Å². The number of anilines is 1. The second-order valence-electron chi connectivity index (χ2n) is 2.60. The van der Waals surface area contributed by atoms with Crippen LogP contribution < -0.4 is 4.90 Å². The molecule has 0 spiro atoms. The van der Waals surface area contributed by atoms with Gasteiger partial charge in [-0.3, -0.25) is 4.90 Å². The molecule has 0 N–H and O–H groups in total. The zero-order valence-corrected chi connectivity index (χ0v) is 7.73. The van der Waals surface area contributed by atoms with Crippen molar-refractivity contribution in [2.75, 3.05) is 11.9 Å². The highest BCUT2D eigenvalue weighted by atomic mass is 16.5. The molecule has 1 rings (SSSR count). The maximum absolute atomic E-state index is 11.1. The molecule has 0 bridgehead atoms. The van der Waals surface area contributed by atoms with E-state index in [1.54, 1.807) is 24.3 Å². The normalized spacial score (nSPS) is 8.93. The van der Waals surface area contributed by atoms with Crippen LogP contribution >= 0.6 is 0 Å². The third-order valence-electron chi connectivity index (χ3n) is 1.78. The Kier molecular flexibility index (Phi) is 3.08. The number of hydrogen-bond acceptors (Lipinski definition) is 3. The van der Waals surface area contributed by atoms with Crippen molar-refractivity contribution in [2.24, 2.45) is 0 Å². The summed E-state index contributed by atoms with van der Waals surface area (Å²) in [4.78, 5) is 12.3. The minimum Gasteiger partial charge on any atom is -0.446 e. The summed E-state index contributed by atoms with van der Waals surface area (Å²) >= 11 is 0. The number of carbonyl (C=O) groups is 1. The Morgan fingerprint density at radius 2 is 2.21 bits per heavy atom. The van der Waals surface area contributed by atoms with Crippen LogP contribution in [0.4, 0.5) is 10.5 Å². The molecule has 1 radical (unpaired) electrons.